The van der Waals surface area contributed by atoms with E-state index >= 15 is 0 Å². The Morgan fingerprint density at radius 3 is 2.40 bits per heavy atom. The third-order valence-corrected chi connectivity index (χ3v) is 1.81. The third-order valence-electron chi connectivity index (χ3n) is 1.81. The summed E-state index contributed by atoms with van der Waals surface area (Å²) < 4.78 is 17.7. The van der Waals surface area contributed by atoms with Gasteiger partial charge in [0.15, 0.2) is 5.82 Å². The molecule has 1 aromatic carbocycles. The van der Waals surface area contributed by atoms with Gasteiger partial charge in [0.2, 0.25) is 0 Å². The van der Waals surface area contributed by atoms with E-state index < -0.39 is 5.82 Å². The van der Waals surface area contributed by atoms with Gasteiger partial charge in [0, 0.05) is 0 Å². The van der Waals surface area contributed by atoms with E-state index in [1.54, 1.807) is 0 Å². The minimum Gasteiger partial charge on any atom is -0.459 e. The van der Waals surface area contributed by atoms with Gasteiger partial charge in [-0.25, -0.2) is 14.4 Å². The Kier molecular flexibility index (Phi) is 2.88. The standard InChI is InChI=1S/C11H9FN2O/c12-10-6-13-11(14-7-10)15-8-9-4-2-1-3-5-9/h1-7H,8H2. The highest BCUT2D eigenvalue weighted by molar-refractivity contribution is 5.14. The predicted octanol–water partition coefficient (Wildman–Crippen LogP) is 2.19. The summed E-state index contributed by atoms with van der Waals surface area (Å²) in [5.74, 6) is -0.470. The summed E-state index contributed by atoms with van der Waals surface area (Å²) >= 11 is 0. The molecule has 2 rings (SSSR count). The average Bonchev–Trinajstić information content (AvgIpc) is 2.30. The largest absolute Gasteiger partial charge is 0.459 e. The van der Waals surface area contributed by atoms with E-state index in [0.717, 1.165) is 18.0 Å². The SMILES string of the molecule is Fc1cnc(OCc2ccccc2)nc1. The third kappa shape index (κ3) is 2.74. The second kappa shape index (κ2) is 4.50. The molecular formula is C11H9FN2O. The highest BCUT2D eigenvalue weighted by Gasteiger charge is 1.98. The maximum Gasteiger partial charge on any atom is 0.316 e. The van der Waals surface area contributed by atoms with Gasteiger partial charge in [-0.2, -0.15) is 0 Å². The summed E-state index contributed by atoms with van der Waals surface area (Å²) in [5, 5.41) is 0. The zero-order valence-electron chi connectivity index (χ0n) is 7.93. The Morgan fingerprint density at radius 2 is 1.73 bits per heavy atom. The fraction of sp³-hybridized carbons (Fsp3) is 0.0909. The number of hydrogen-bond acceptors (Lipinski definition) is 3. The van der Waals surface area contributed by atoms with Crippen molar-refractivity contribution >= 4 is 0 Å². The monoisotopic (exact) mass is 204 g/mol. The van der Waals surface area contributed by atoms with Crippen molar-refractivity contribution < 1.29 is 9.13 Å². The molecule has 2 aromatic rings. The van der Waals surface area contributed by atoms with Crippen LogP contribution in [0.25, 0.3) is 0 Å². The number of nitrogens with zero attached hydrogens (tertiary/aromatic N) is 2. The molecule has 0 spiro atoms. The first-order chi connectivity index (χ1) is 7.34. The zero-order chi connectivity index (χ0) is 10.5. The second-order valence-corrected chi connectivity index (χ2v) is 2.96. The minimum absolute atomic E-state index is 0.181. The lowest BCUT2D eigenvalue weighted by Gasteiger charge is -2.03. The van der Waals surface area contributed by atoms with Crippen LogP contribution in [0.1, 0.15) is 5.56 Å². The van der Waals surface area contributed by atoms with Crippen molar-refractivity contribution in [2.45, 2.75) is 6.61 Å². The molecule has 76 valence electrons. The molecule has 0 bridgehead atoms. The van der Waals surface area contributed by atoms with E-state index in [-0.39, 0.29) is 6.01 Å². The molecule has 0 fully saturated rings. The Balaban J connectivity index is 1.96. The molecule has 0 aliphatic carbocycles. The van der Waals surface area contributed by atoms with Crippen LogP contribution in [0, 0.1) is 5.82 Å². The van der Waals surface area contributed by atoms with Crippen molar-refractivity contribution in [3.05, 3.63) is 54.1 Å². The van der Waals surface area contributed by atoms with E-state index in [2.05, 4.69) is 9.97 Å². The molecule has 0 N–H and O–H groups in total. The van der Waals surface area contributed by atoms with Crippen molar-refractivity contribution in [1.29, 1.82) is 0 Å². The van der Waals surface area contributed by atoms with Gasteiger partial charge in [0.25, 0.3) is 0 Å². The number of aromatic nitrogens is 2. The van der Waals surface area contributed by atoms with Crippen LogP contribution in [0.15, 0.2) is 42.7 Å². The van der Waals surface area contributed by atoms with Gasteiger partial charge < -0.3 is 4.74 Å². The van der Waals surface area contributed by atoms with Crippen LogP contribution in [0.4, 0.5) is 4.39 Å². The first-order valence-electron chi connectivity index (χ1n) is 4.49. The Hall–Kier alpha value is -1.97. The van der Waals surface area contributed by atoms with E-state index in [1.807, 2.05) is 30.3 Å². The number of rotatable bonds is 3. The van der Waals surface area contributed by atoms with Crippen LogP contribution in [0.5, 0.6) is 6.01 Å². The van der Waals surface area contributed by atoms with Gasteiger partial charge in [-0.15, -0.1) is 0 Å². The summed E-state index contributed by atoms with van der Waals surface area (Å²) in [6, 6.07) is 9.82. The average molecular weight is 204 g/mol. The maximum atomic E-state index is 12.5. The molecule has 0 atom stereocenters. The summed E-state index contributed by atoms with van der Waals surface area (Å²) in [5.41, 5.74) is 1.02. The molecular weight excluding hydrogens is 195 g/mol. The quantitative estimate of drug-likeness (QED) is 0.768. The molecule has 0 saturated heterocycles. The highest BCUT2D eigenvalue weighted by atomic mass is 19.1. The number of hydrogen-bond donors (Lipinski definition) is 0. The lowest BCUT2D eigenvalue weighted by Crippen LogP contribution is -1.99. The predicted molar refractivity (Wildman–Crippen MR) is 52.8 cm³/mol. The minimum atomic E-state index is -0.470. The molecule has 15 heavy (non-hydrogen) atoms. The first-order valence-corrected chi connectivity index (χ1v) is 4.49. The Labute approximate surface area is 86.6 Å². The molecule has 0 aliphatic rings. The van der Waals surface area contributed by atoms with Crippen molar-refractivity contribution in [2.75, 3.05) is 0 Å². The summed E-state index contributed by atoms with van der Waals surface area (Å²) in [6.45, 7) is 0.381. The van der Waals surface area contributed by atoms with Gasteiger partial charge in [-0.05, 0) is 5.56 Å². The van der Waals surface area contributed by atoms with Gasteiger partial charge in [-0.1, -0.05) is 30.3 Å². The van der Waals surface area contributed by atoms with Crippen molar-refractivity contribution in [3.63, 3.8) is 0 Å². The van der Waals surface area contributed by atoms with E-state index in [0.29, 0.717) is 6.61 Å². The number of ether oxygens (including phenoxy) is 1. The number of benzene rings is 1. The molecule has 3 nitrogen and oxygen atoms in total. The van der Waals surface area contributed by atoms with Gasteiger partial charge in [-0.3, -0.25) is 0 Å². The van der Waals surface area contributed by atoms with Crippen molar-refractivity contribution in [1.82, 2.24) is 9.97 Å². The molecule has 0 aliphatic heterocycles. The van der Waals surface area contributed by atoms with Gasteiger partial charge in [0.1, 0.15) is 6.61 Å². The van der Waals surface area contributed by atoms with E-state index in [1.165, 1.54) is 0 Å². The maximum absolute atomic E-state index is 12.5. The van der Waals surface area contributed by atoms with Crippen LogP contribution in [-0.2, 0) is 6.61 Å². The number of halogens is 1. The van der Waals surface area contributed by atoms with Crippen LogP contribution in [0.2, 0.25) is 0 Å². The van der Waals surface area contributed by atoms with E-state index in [4.69, 9.17) is 4.74 Å². The molecule has 0 saturated carbocycles. The smallest absolute Gasteiger partial charge is 0.316 e. The van der Waals surface area contributed by atoms with Gasteiger partial charge >= 0.3 is 6.01 Å². The summed E-state index contributed by atoms with van der Waals surface area (Å²) in [4.78, 5) is 7.37. The van der Waals surface area contributed by atoms with Crippen molar-refractivity contribution in [3.8, 4) is 6.01 Å². The van der Waals surface area contributed by atoms with Crippen LogP contribution >= 0.6 is 0 Å². The summed E-state index contributed by atoms with van der Waals surface area (Å²) in [6.07, 6.45) is 2.15. The molecule has 0 amide bonds. The second-order valence-electron chi connectivity index (χ2n) is 2.96. The molecule has 1 heterocycles. The topological polar surface area (TPSA) is 35.0 Å². The van der Waals surface area contributed by atoms with Crippen LogP contribution in [0.3, 0.4) is 0 Å². The fourth-order valence-electron chi connectivity index (χ4n) is 1.10. The van der Waals surface area contributed by atoms with Crippen LogP contribution < -0.4 is 4.74 Å². The molecule has 0 unspecified atom stereocenters. The molecule has 1 aromatic heterocycles. The fourth-order valence-corrected chi connectivity index (χ4v) is 1.10. The zero-order valence-corrected chi connectivity index (χ0v) is 7.93. The van der Waals surface area contributed by atoms with Gasteiger partial charge in [0.05, 0.1) is 12.4 Å². The van der Waals surface area contributed by atoms with Crippen LogP contribution in [-0.4, -0.2) is 9.97 Å². The molecule has 0 radical (unpaired) electrons. The lowest BCUT2D eigenvalue weighted by atomic mass is 10.2. The normalized spacial score (nSPS) is 9.93. The first kappa shape index (κ1) is 9.58. The highest BCUT2D eigenvalue weighted by Crippen LogP contribution is 2.05. The van der Waals surface area contributed by atoms with Crippen molar-refractivity contribution in [2.24, 2.45) is 0 Å². The summed E-state index contributed by atoms with van der Waals surface area (Å²) in [7, 11) is 0. The Bertz CT molecular complexity index is 416. The lowest BCUT2D eigenvalue weighted by molar-refractivity contribution is 0.279. The molecule has 4 heteroatoms. The Morgan fingerprint density at radius 1 is 1.07 bits per heavy atom. The van der Waals surface area contributed by atoms with E-state index in [9.17, 15) is 4.39 Å².